The number of carbonyl (C=O) groups is 2. The van der Waals surface area contributed by atoms with Crippen LogP contribution in [0.4, 0.5) is 18.9 Å². The molecule has 1 amide bonds. The van der Waals surface area contributed by atoms with E-state index in [2.05, 4.69) is 32.4 Å². The maximum atomic E-state index is 13.8. The third kappa shape index (κ3) is 6.19. The fourth-order valence-electron chi connectivity index (χ4n) is 5.69. The van der Waals surface area contributed by atoms with Crippen LogP contribution in [0.1, 0.15) is 59.8 Å². The van der Waals surface area contributed by atoms with Gasteiger partial charge in [0, 0.05) is 17.7 Å². The number of imidazole rings is 1. The van der Waals surface area contributed by atoms with Crippen LogP contribution in [0.15, 0.2) is 71.1 Å². The minimum Gasteiger partial charge on any atom is -0.481 e. The van der Waals surface area contributed by atoms with Crippen LogP contribution in [0, 0.1) is 5.92 Å². The highest BCUT2D eigenvalue weighted by Crippen LogP contribution is 2.39. The first-order valence-corrected chi connectivity index (χ1v) is 14.4. The number of aliphatic carboxylic acids is 1. The maximum Gasteiger partial charge on any atom is 0.452 e. The SMILES string of the molecule is O=C(O)CC1CCC(c2ccc(-c3nc4ccc(NC(=O)c5nc(-c6ccccc6Cl)oc5C(F)(F)F)cc4[nH]3)cc2)CC1. The molecule has 2 aromatic heterocycles. The van der Waals surface area contributed by atoms with Gasteiger partial charge in [-0.25, -0.2) is 9.97 Å². The van der Waals surface area contributed by atoms with Crippen molar-refractivity contribution in [2.45, 2.75) is 44.2 Å². The van der Waals surface area contributed by atoms with Crippen molar-refractivity contribution in [2.24, 2.45) is 5.92 Å². The van der Waals surface area contributed by atoms with Crippen molar-refractivity contribution in [2.75, 3.05) is 5.32 Å². The Balaban J connectivity index is 1.18. The summed E-state index contributed by atoms with van der Waals surface area (Å²) >= 11 is 6.10. The lowest BCUT2D eigenvalue weighted by Crippen LogP contribution is -2.18. The van der Waals surface area contributed by atoms with Crippen LogP contribution in [0.3, 0.4) is 0 Å². The van der Waals surface area contributed by atoms with Crippen molar-refractivity contribution < 1.29 is 32.3 Å². The first kappa shape index (κ1) is 29.4. The van der Waals surface area contributed by atoms with Crippen LogP contribution in [0.2, 0.25) is 5.02 Å². The molecular weight excluding hydrogens is 597 g/mol. The number of alkyl halides is 3. The van der Waals surface area contributed by atoms with Gasteiger partial charge in [0.2, 0.25) is 11.7 Å². The number of H-pyrrole nitrogens is 1. The Morgan fingerprint density at radius 1 is 1.00 bits per heavy atom. The summed E-state index contributed by atoms with van der Waals surface area (Å²) in [5.74, 6) is -2.55. The van der Waals surface area contributed by atoms with Crippen molar-refractivity contribution in [1.82, 2.24) is 15.0 Å². The third-order valence-electron chi connectivity index (χ3n) is 7.91. The highest BCUT2D eigenvalue weighted by atomic mass is 35.5. The Bertz CT molecular complexity index is 1840. The molecule has 0 atom stereocenters. The van der Waals surface area contributed by atoms with E-state index in [0.29, 0.717) is 22.8 Å². The van der Waals surface area contributed by atoms with Crippen LogP contribution in [0.5, 0.6) is 0 Å². The number of aromatic nitrogens is 3. The zero-order valence-electron chi connectivity index (χ0n) is 23.1. The summed E-state index contributed by atoms with van der Waals surface area (Å²) in [5.41, 5.74) is 2.69. The number of aromatic amines is 1. The number of anilines is 1. The molecule has 1 saturated carbocycles. The van der Waals surface area contributed by atoms with Gasteiger partial charge in [-0.15, -0.1) is 0 Å². The third-order valence-corrected chi connectivity index (χ3v) is 8.24. The van der Waals surface area contributed by atoms with Crippen LogP contribution in [0.25, 0.3) is 33.9 Å². The molecule has 226 valence electrons. The Hall–Kier alpha value is -4.64. The maximum absolute atomic E-state index is 13.8. The number of fused-ring (bicyclic) bond motifs is 1. The number of rotatable bonds is 7. The number of benzene rings is 3. The van der Waals surface area contributed by atoms with E-state index in [4.69, 9.17) is 21.1 Å². The van der Waals surface area contributed by atoms with Gasteiger partial charge in [0.1, 0.15) is 5.82 Å². The summed E-state index contributed by atoms with van der Waals surface area (Å²) in [6, 6.07) is 18.9. The fourth-order valence-corrected chi connectivity index (χ4v) is 5.91. The molecule has 0 radical (unpaired) electrons. The summed E-state index contributed by atoms with van der Waals surface area (Å²) in [7, 11) is 0. The second-order valence-electron chi connectivity index (χ2n) is 10.9. The molecule has 2 heterocycles. The number of halogens is 4. The van der Waals surface area contributed by atoms with E-state index in [1.165, 1.54) is 23.8 Å². The zero-order chi connectivity index (χ0) is 31.0. The molecule has 8 nitrogen and oxygen atoms in total. The van der Waals surface area contributed by atoms with E-state index in [1.54, 1.807) is 24.3 Å². The molecule has 3 aromatic carbocycles. The summed E-state index contributed by atoms with van der Waals surface area (Å²) in [4.78, 5) is 35.7. The number of amides is 1. The molecule has 44 heavy (non-hydrogen) atoms. The predicted molar refractivity (Wildman–Crippen MR) is 158 cm³/mol. The van der Waals surface area contributed by atoms with Gasteiger partial charge in [-0.2, -0.15) is 13.2 Å². The van der Waals surface area contributed by atoms with Crippen molar-refractivity contribution in [3.63, 3.8) is 0 Å². The van der Waals surface area contributed by atoms with Gasteiger partial charge in [-0.1, -0.05) is 48.0 Å². The minimum atomic E-state index is -4.96. The molecule has 3 N–H and O–H groups in total. The Morgan fingerprint density at radius 2 is 1.73 bits per heavy atom. The molecule has 1 fully saturated rings. The average molecular weight is 623 g/mol. The molecule has 1 aliphatic carbocycles. The van der Waals surface area contributed by atoms with Crippen molar-refractivity contribution in [3.8, 4) is 22.8 Å². The highest BCUT2D eigenvalue weighted by Gasteiger charge is 2.42. The molecule has 5 aromatic rings. The largest absolute Gasteiger partial charge is 0.481 e. The number of hydrogen-bond acceptors (Lipinski definition) is 5. The summed E-state index contributed by atoms with van der Waals surface area (Å²) in [5, 5.41) is 11.7. The second-order valence-corrected chi connectivity index (χ2v) is 11.3. The van der Waals surface area contributed by atoms with E-state index in [9.17, 15) is 22.8 Å². The summed E-state index contributed by atoms with van der Waals surface area (Å²) in [6.45, 7) is 0. The fraction of sp³-hybridized carbons (Fsp3) is 0.250. The number of nitrogens with one attached hydrogen (secondary N) is 2. The Morgan fingerprint density at radius 3 is 2.41 bits per heavy atom. The van der Waals surface area contributed by atoms with Crippen LogP contribution in [-0.2, 0) is 11.0 Å². The number of carboxylic acid groups (broad SMARTS) is 1. The van der Waals surface area contributed by atoms with Gasteiger partial charge in [0.15, 0.2) is 5.69 Å². The van der Waals surface area contributed by atoms with Crippen LogP contribution < -0.4 is 5.32 Å². The van der Waals surface area contributed by atoms with E-state index in [-0.39, 0.29) is 28.6 Å². The number of oxazole rings is 1. The van der Waals surface area contributed by atoms with Gasteiger partial charge in [0.25, 0.3) is 5.91 Å². The van der Waals surface area contributed by atoms with E-state index >= 15 is 0 Å². The Labute approximate surface area is 254 Å². The molecule has 0 aliphatic heterocycles. The average Bonchev–Trinajstić information content (AvgIpc) is 3.63. The number of nitrogens with zero attached hydrogens (tertiary/aromatic N) is 2. The molecule has 0 bridgehead atoms. The molecule has 6 rings (SSSR count). The van der Waals surface area contributed by atoms with Crippen molar-refractivity contribution >= 4 is 40.2 Å². The number of hydrogen-bond donors (Lipinski definition) is 3. The van der Waals surface area contributed by atoms with Gasteiger partial charge in [-0.3, -0.25) is 9.59 Å². The normalized spacial score (nSPS) is 17.1. The molecule has 12 heteroatoms. The van der Waals surface area contributed by atoms with Gasteiger partial charge < -0.3 is 19.8 Å². The van der Waals surface area contributed by atoms with Gasteiger partial charge in [-0.05, 0) is 73.4 Å². The minimum absolute atomic E-state index is 0.126. The molecule has 0 saturated heterocycles. The first-order chi connectivity index (χ1) is 21.0. The summed E-state index contributed by atoms with van der Waals surface area (Å²) in [6.07, 6.45) is -1.03. The van der Waals surface area contributed by atoms with E-state index < -0.39 is 35.4 Å². The quantitative estimate of drug-likeness (QED) is 0.167. The number of carboxylic acids is 1. The summed E-state index contributed by atoms with van der Waals surface area (Å²) < 4.78 is 46.2. The molecule has 1 aliphatic rings. The molecule has 0 unspecified atom stereocenters. The highest BCUT2D eigenvalue weighted by molar-refractivity contribution is 6.33. The lowest BCUT2D eigenvalue weighted by Gasteiger charge is -2.28. The van der Waals surface area contributed by atoms with Gasteiger partial charge >= 0.3 is 12.1 Å². The first-order valence-electron chi connectivity index (χ1n) is 14.0. The smallest absolute Gasteiger partial charge is 0.452 e. The van der Waals surface area contributed by atoms with Crippen LogP contribution in [-0.4, -0.2) is 31.9 Å². The van der Waals surface area contributed by atoms with Crippen molar-refractivity contribution in [3.05, 3.63) is 88.8 Å². The molecule has 0 spiro atoms. The lowest BCUT2D eigenvalue weighted by atomic mass is 9.77. The molecular formula is C32H26ClF3N4O4. The lowest BCUT2D eigenvalue weighted by molar-refractivity contribution is -0.153. The van der Waals surface area contributed by atoms with E-state index in [1.807, 2.05) is 12.1 Å². The zero-order valence-corrected chi connectivity index (χ0v) is 23.9. The number of carbonyl (C=O) groups excluding carboxylic acids is 1. The topological polar surface area (TPSA) is 121 Å². The van der Waals surface area contributed by atoms with Crippen LogP contribution >= 0.6 is 11.6 Å². The Kier molecular flexibility index (Phi) is 7.89. The van der Waals surface area contributed by atoms with Crippen molar-refractivity contribution in [1.29, 1.82) is 0 Å². The second kappa shape index (κ2) is 11.8. The predicted octanol–water partition coefficient (Wildman–Crippen LogP) is 8.56. The monoisotopic (exact) mass is 622 g/mol. The van der Waals surface area contributed by atoms with Gasteiger partial charge in [0.05, 0.1) is 21.6 Å². The standard InChI is InChI=1S/C32H26ClF3N4O4/c33-23-4-2-1-3-22(23)31-40-27(28(44-31)32(34,35)36)30(43)37-21-13-14-24-25(16-21)39-29(38-24)20-11-9-19(10-12-20)18-7-5-17(6-8-18)15-26(41)42/h1-4,9-14,16-18H,5-8,15H2,(H,37,43)(H,38,39)(H,41,42). The van der Waals surface area contributed by atoms with E-state index in [0.717, 1.165) is 31.2 Å².